The van der Waals surface area contributed by atoms with Gasteiger partial charge in [-0.05, 0) is 13.0 Å². The van der Waals surface area contributed by atoms with Crippen molar-refractivity contribution < 1.29 is 14.7 Å². The molecule has 0 bridgehead atoms. The maximum atomic E-state index is 11.3. The van der Waals surface area contributed by atoms with E-state index in [4.69, 9.17) is 5.11 Å². The fourth-order valence-electron chi connectivity index (χ4n) is 1.95. The van der Waals surface area contributed by atoms with E-state index in [-0.39, 0.29) is 17.6 Å². The van der Waals surface area contributed by atoms with E-state index in [1.165, 1.54) is 13.0 Å². The number of hydrogen-bond acceptors (Lipinski definition) is 3. The fraction of sp³-hybridized carbons (Fsp3) is 0.500. The van der Waals surface area contributed by atoms with Gasteiger partial charge in [0.15, 0.2) is 5.69 Å². The van der Waals surface area contributed by atoms with Crippen molar-refractivity contribution in [2.24, 2.45) is 0 Å². The Labute approximate surface area is 92.5 Å². The third kappa shape index (κ3) is 1.66. The Bertz CT molecular complexity index is 452. The molecule has 1 aliphatic rings. The van der Waals surface area contributed by atoms with Crippen LogP contribution in [0.3, 0.4) is 0 Å². The lowest BCUT2D eigenvalue weighted by molar-refractivity contribution is -0.132. The number of aromatic nitrogens is 2. The van der Waals surface area contributed by atoms with Crippen LogP contribution in [-0.2, 0) is 17.9 Å². The van der Waals surface area contributed by atoms with Crippen LogP contribution in [0, 0.1) is 0 Å². The topological polar surface area (TPSA) is 75.4 Å². The highest BCUT2D eigenvalue weighted by molar-refractivity contribution is 5.85. The summed E-state index contributed by atoms with van der Waals surface area (Å²) in [4.78, 5) is 23.8. The minimum absolute atomic E-state index is 0.00294. The lowest BCUT2D eigenvalue weighted by atomic mass is 10.2. The van der Waals surface area contributed by atoms with Crippen molar-refractivity contribution in [2.75, 3.05) is 0 Å². The first kappa shape index (κ1) is 10.7. The predicted molar refractivity (Wildman–Crippen MR) is 54.9 cm³/mol. The number of fused-ring (bicyclic) bond motifs is 1. The van der Waals surface area contributed by atoms with Gasteiger partial charge >= 0.3 is 5.97 Å². The minimum Gasteiger partial charge on any atom is -0.476 e. The van der Waals surface area contributed by atoms with Gasteiger partial charge in [-0.25, -0.2) is 4.79 Å². The summed E-state index contributed by atoms with van der Waals surface area (Å²) in [5, 5.41) is 12.8. The molecular formula is C10H13N3O3. The van der Waals surface area contributed by atoms with E-state index in [9.17, 15) is 9.59 Å². The number of carbonyl (C=O) groups excluding carboxylic acids is 1. The van der Waals surface area contributed by atoms with Crippen LogP contribution in [0.25, 0.3) is 0 Å². The molecule has 0 aliphatic carbocycles. The zero-order chi connectivity index (χ0) is 11.9. The third-order valence-corrected chi connectivity index (χ3v) is 2.79. The Morgan fingerprint density at radius 3 is 2.81 bits per heavy atom. The maximum Gasteiger partial charge on any atom is 0.356 e. The minimum atomic E-state index is -1.04. The summed E-state index contributed by atoms with van der Waals surface area (Å²) >= 11 is 0. The van der Waals surface area contributed by atoms with Gasteiger partial charge in [0.25, 0.3) is 0 Å². The highest BCUT2D eigenvalue weighted by Crippen LogP contribution is 2.18. The fourth-order valence-corrected chi connectivity index (χ4v) is 1.95. The van der Waals surface area contributed by atoms with Crippen molar-refractivity contribution in [3.8, 4) is 0 Å². The number of carboxylic acid groups (broad SMARTS) is 1. The molecule has 6 nitrogen and oxygen atoms in total. The van der Waals surface area contributed by atoms with Gasteiger partial charge in [-0.2, -0.15) is 5.10 Å². The second kappa shape index (κ2) is 3.62. The molecule has 1 aliphatic heterocycles. The number of nitrogens with zero attached hydrogens (tertiary/aromatic N) is 3. The molecule has 1 atom stereocenters. The van der Waals surface area contributed by atoms with Crippen molar-refractivity contribution >= 4 is 11.9 Å². The molecule has 86 valence electrons. The van der Waals surface area contributed by atoms with Gasteiger partial charge in [-0.3, -0.25) is 9.48 Å². The van der Waals surface area contributed by atoms with Gasteiger partial charge in [-0.1, -0.05) is 0 Å². The van der Waals surface area contributed by atoms with E-state index >= 15 is 0 Å². The van der Waals surface area contributed by atoms with Crippen molar-refractivity contribution in [3.05, 3.63) is 17.5 Å². The normalized spacial score (nSPS) is 19.4. The van der Waals surface area contributed by atoms with Crippen LogP contribution in [0.15, 0.2) is 6.07 Å². The van der Waals surface area contributed by atoms with E-state index in [0.29, 0.717) is 13.1 Å². The van der Waals surface area contributed by atoms with E-state index in [2.05, 4.69) is 5.10 Å². The van der Waals surface area contributed by atoms with E-state index in [0.717, 1.165) is 5.69 Å². The molecule has 16 heavy (non-hydrogen) atoms. The van der Waals surface area contributed by atoms with Crippen molar-refractivity contribution in [2.45, 2.75) is 33.0 Å². The molecule has 0 spiro atoms. The Kier molecular flexibility index (Phi) is 2.41. The first-order chi connectivity index (χ1) is 7.49. The number of rotatable bonds is 1. The molecule has 1 unspecified atom stereocenters. The monoisotopic (exact) mass is 223 g/mol. The predicted octanol–water partition coefficient (Wildman–Crippen LogP) is 0.332. The van der Waals surface area contributed by atoms with Gasteiger partial charge in [0.2, 0.25) is 5.91 Å². The lowest BCUT2D eigenvalue weighted by Crippen LogP contribution is -2.43. The summed E-state index contributed by atoms with van der Waals surface area (Å²) < 4.78 is 1.66. The smallest absolute Gasteiger partial charge is 0.356 e. The molecule has 1 aromatic rings. The Morgan fingerprint density at radius 1 is 1.56 bits per heavy atom. The molecule has 2 rings (SSSR count). The number of hydrogen-bond donors (Lipinski definition) is 1. The van der Waals surface area contributed by atoms with Gasteiger partial charge in [0.1, 0.15) is 0 Å². The largest absolute Gasteiger partial charge is 0.476 e. The standard InChI is InChI=1S/C10H13N3O3/c1-6-4-13-8(5-12(6)7(2)14)3-9(11-13)10(15)16/h3,6H,4-5H2,1-2H3,(H,15,16). The average Bonchev–Trinajstić information content (AvgIpc) is 2.58. The van der Waals surface area contributed by atoms with E-state index < -0.39 is 5.97 Å². The molecule has 0 saturated heterocycles. The molecule has 0 saturated carbocycles. The second-order valence-corrected chi connectivity index (χ2v) is 4.00. The quantitative estimate of drug-likeness (QED) is 0.744. The molecule has 1 amide bonds. The summed E-state index contributed by atoms with van der Waals surface area (Å²) in [6.07, 6.45) is 0. The van der Waals surface area contributed by atoms with Crippen LogP contribution in [0.1, 0.15) is 30.0 Å². The Morgan fingerprint density at radius 2 is 2.25 bits per heavy atom. The first-order valence-corrected chi connectivity index (χ1v) is 5.06. The van der Waals surface area contributed by atoms with Crippen LogP contribution >= 0.6 is 0 Å². The van der Waals surface area contributed by atoms with Gasteiger partial charge < -0.3 is 10.0 Å². The summed E-state index contributed by atoms with van der Waals surface area (Å²) in [6.45, 7) is 4.41. The summed E-state index contributed by atoms with van der Waals surface area (Å²) in [6, 6.07) is 1.57. The maximum absolute atomic E-state index is 11.3. The van der Waals surface area contributed by atoms with Crippen molar-refractivity contribution in [1.82, 2.24) is 14.7 Å². The van der Waals surface area contributed by atoms with E-state index in [1.807, 2.05) is 6.92 Å². The highest BCUT2D eigenvalue weighted by Gasteiger charge is 2.26. The third-order valence-electron chi connectivity index (χ3n) is 2.79. The zero-order valence-corrected chi connectivity index (χ0v) is 9.17. The van der Waals surface area contributed by atoms with Crippen LogP contribution in [-0.4, -0.2) is 37.7 Å². The molecule has 2 heterocycles. The molecule has 0 aromatic carbocycles. The summed E-state index contributed by atoms with van der Waals surface area (Å²) in [7, 11) is 0. The van der Waals surface area contributed by atoms with Crippen molar-refractivity contribution in [3.63, 3.8) is 0 Å². The molecule has 1 N–H and O–H groups in total. The Hall–Kier alpha value is -1.85. The lowest BCUT2D eigenvalue weighted by Gasteiger charge is -2.33. The summed E-state index contributed by atoms with van der Waals surface area (Å²) in [5.41, 5.74) is 0.804. The number of amides is 1. The molecular weight excluding hydrogens is 210 g/mol. The van der Waals surface area contributed by atoms with Gasteiger partial charge in [0.05, 0.1) is 18.8 Å². The van der Waals surface area contributed by atoms with Crippen molar-refractivity contribution in [1.29, 1.82) is 0 Å². The van der Waals surface area contributed by atoms with Crippen LogP contribution in [0.5, 0.6) is 0 Å². The van der Waals surface area contributed by atoms with Crippen LogP contribution in [0.4, 0.5) is 0 Å². The highest BCUT2D eigenvalue weighted by atomic mass is 16.4. The molecule has 6 heteroatoms. The number of carbonyl (C=O) groups is 2. The molecule has 0 fully saturated rings. The Balaban J connectivity index is 2.32. The van der Waals surface area contributed by atoms with E-state index in [1.54, 1.807) is 9.58 Å². The average molecular weight is 223 g/mol. The number of carboxylic acids is 1. The second-order valence-electron chi connectivity index (χ2n) is 4.00. The SMILES string of the molecule is CC(=O)N1Cc2cc(C(=O)O)nn2CC1C. The zero-order valence-electron chi connectivity index (χ0n) is 9.17. The summed E-state index contributed by atoms with van der Waals surface area (Å²) in [5.74, 6) is -1.04. The van der Waals surface area contributed by atoms with Gasteiger partial charge in [-0.15, -0.1) is 0 Å². The molecule has 0 radical (unpaired) electrons. The van der Waals surface area contributed by atoms with Crippen LogP contribution in [0.2, 0.25) is 0 Å². The van der Waals surface area contributed by atoms with Gasteiger partial charge in [0, 0.05) is 13.0 Å². The first-order valence-electron chi connectivity index (χ1n) is 5.06. The molecule has 1 aromatic heterocycles. The number of aromatic carboxylic acids is 1. The van der Waals surface area contributed by atoms with Crippen LogP contribution < -0.4 is 0 Å².